The fourth-order valence-corrected chi connectivity index (χ4v) is 2.02. The van der Waals surface area contributed by atoms with E-state index in [9.17, 15) is 4.79 Å². The summed E-state index contributed by atoms with van der Waals surface area (Å²) in [7, 11) is 0. The predicted octanol–water partition coefficient (Wildman–Crippen LogP) is 3.31. The van der Waals surface area contributed by atoms with E-state index >= 15 is 0 Å². The zero-order valence-corrected chi connectivity index (χ0v) is 11.9. The van der Waals surface area contributed by atoms with Crippen molar-refractivity contribution in [1.29, 1.82) is 0 Å². The molecule has 1 aromatic rings. The van der Waals surface area contributed by atoms with Gasteiger partial charge in [-0.3, -0.25) is 0 Å². The van der Waals surface area contributed by atoms with Gasteiger partial charge in [0.2, 0.25) is 0 Å². The fourth-order valence-electron chi connectivity index (χ4n) is 1.51. The van der Waals surface area contributed by atoms with Crippen LogP contribution in [-0.2, 0) is 9.53 Å². The summed E-state index contributed by atoms with van der Waals surface area (Å²) in [5, 5.41) is 8.55. The van der Waals surface area contributed by atoms with E-state index < -0.39 is 5.97 Å². The van der Waals surface area contributed by atoms with Crippen molar-refractivity contribution in [3.8, 4) is 5.75 Å². The van der Waals surface area contributed by atoms with Gasteiger partial charge < -0.3 is 14.6 Å². The van der Waals surface area contributed by atoms with Crippen LogP contribution in [0.1, 0.15) is 18.4 Å². The molecule has 0 amide bonds. The van der Waals surface area contributed by atoms with Crippen molar-refractivity contribution in [3.05, 3.63) is 34.3 Å². The van der Waals surface area contributed by atoms with Crippen molar-refractivity contribution >= 4 is 28.0 Å². The highest BCUT2D eigenvalue weighted by Gasteiger charge is 2.21. The van der Waals surface area contributed by atoms with Gasteiger partial charge >= 0.3 is 5.97 Å². The lowest BCUT2D eigenvalue weighted by molar-refractivity contribution is -0.131. The smallest absolute Gasteiger partial charge is 0.328 e. The van der Waals surface area contributed by atoms with Crippen LogP contribution in [0.15, 0.2) is 28.7 Å². The van der Waals surface area contributed by atoms with Crippen molar-refractivity contribution in [2.45, 2.75) is 12.8 Å². The van der Waals surface area contributed by atoms with Crippen LogP contribution in [0.2, 0.25) is 0 Å². The number of aliphatic carboxylic acids is 1. The van der Waals surface area contributed by atoms with Gasteiger partial charge in [0.25, 0.3) is 0 Å². The van der Waals surface area contributed by atoms with Crippen LogP contribution in [0, 0.1) is 5.92 Å². The molecule has 1 fully saturated rings. The van der Waals surface area contributed by atoms with Crippen LogP contribution in [0.25, 0.3) is 6.08 Å². The average molecular weight is 327 g/mol. The van der Waals surface area contributed by atoms with Gasteiger partial charge in [-0.1, -0.05) is 6.07 Å². The Hall–Kier alpha value is -1.33. The number of hydrogen-bond donors (Lipinski definition) is 1. The van der Waals surface area contributed by atoms with E-state index in [1.807, 2.05) is 0 Å². The van der Waals surface area contributed by atoms with Crippen LogP contribution in [0.3, 0.4) is 0 Å². The number of carboxylic acids is 1. The molecule has 0 aromatic heterocycles. The first-order chi connectivity index (χ1) is 9.15. The summed E-state index contributed by atoms with van der Waals surface area (Å²) in [5.74, 6) is 0.434. The van der Waals surface area contributed by atoms with E-state index in [4.69, 9.17) is 14.6 Å². The third-order valence-electron chi connectivity index (χ3n) is 2.72. The first kappa shape index (κ1) is 14.1. The van der Waals surface area contributed by atoms with Crippen LogP contribution >= 0.6 is 15.9 Å². The second-order valence-electron chi connectivity index (χ2n) is 4.44. The highest BCUT2D eigenvalue weighted by atomic mass is 79.9. The van der Waals surface area contributed by atoms with Crippen molar-refractivity contribution in [2.24, 2.45) is 5.92 Å². The normalized spacial score (nSPS) is 14.8. The van der Waals surface area contributed by atoms with E-state index in [1.165, 1.54) is 18.9 Å². The summed E-state index contributed by atoms with van der Waals surface area (Å²) < 4.78 is 11.7. The largest absolute Gasteiger partial charge is 0.478 e. The lowest BCUT2D eigenvalue weighted by Gasteiger charge is -2.09. The molecular weight excluding hydrogens is 312 g/mol. The summed E-state index contributed by atoms with van der Waals surface area (Å²) in [4.78, 5) is 10.4. The Bertz CT molecular complexity index is 480. The lowest BCUT2D eigenvalue weighted by atomic mass is 10.2. The Morgan fingerprint density at radius 2 is 2.26 bits per heavy atom. The molecular formula is C14H15BrO4. The summed E-state index contributed by atoms with van der Waals surface area (Å²) in [6.45, 7) is 0.996. The second kappa shape index (κ2) is 6.73. The van der Waals surface area contributed by atoms with Crippen LogP contribution in [-0.4, -0.2) is 24.5 Å². The molecule has 1 aromatic carbocycles. The number of carbonyl (C=O) groups is 1. The summed E-state index contributed by atoms with van der Waals surface area (Å²) in [6, 6.07) is 5.38. The summed E-state index contributed by atoms with van der Waals surface area (Å²) in [6.07, 6.45) is 5.14. The molecule has 2 rings (SSSR count). The van der Waals surface area contributed by atoms with Crippen molar-refractivity contribution < 1.29 is 19.4 Å². The zero-order chi connectivity index (χ0) is 13.7. The minimum absolute atomic E-state index is 0.236. The molecule has 0 saturated heterocycles. The van der Waals surface area contributed by atoms with Crippen LogP contribution < -0.4 is 4.74 Å². The Balaban J connectivity index is 1.84. The predicted molar refractivity (Wildman–Crippen MR) is 75.0 cm³/mol. The molecule has 0 radical (unpaired) electrons. The van der Waals surface area contributed by atoms with E-state index in [0.717, 1.165) is 28.6 Å². The van der Waals surface area contributed by atoms with E-state index in [0.29, 0.717) is 5.75 Å². The number of ether oxygens (including phenoxy) is 2. The molecule has 0 atom stereocenters. The SMILES string of the molecule is O=C(O)/C=C/c1ccc(OCOCC2CC2)c(Br)c1. The first-order valence-corrected chi connectivity index (χ1v) is 6.85. The van der Waals surface area contributed by atoms with E-state index in [1.54, 1.807) is 18.2 Å². The van der Waals surface area contributed by atoms with Gasteiger partial charge in [-0.05, 0) is 58.5 Å². The van der Waals surface area contributed by atoms with Crippen molar-refractivity contribution in [2.75, 3.05) is 13.4 Å². The molecule has 102 valence electrons. The molecule has 1 aliphatic rings. The Labute approximate surface area is 120 Å². The van der Waals surface area contributed by atoms with Crippen LogP contribution in [0.4, 0.5) is 0 Å². The van der Waals surface area contributed by atoms with Gasteiger partial charge in [0.05, 0.1) is 11.1 Å². The van der Waals surface area contributed by atoms with Gasteiger partial charge in [-0.15, -0.1) is 0 Å². The van der Waals surface area contributed by atoms with Crippen LogP contribution in [0.5, 0.6) is 5.75 Å². The minimum Gasteiger partial charge on any atom is -0.478 e. The maximum Gasteiger partial charge on any atom is 0.328 e. The first-order valence-electron chi connectivity index (χ1n) is 6.06. The van der Waals surface area contributed by atoms with Gasteiger partial charge in [-0.25, -0.2) is 4.79 Å². The molecule has 1 aliphatic carbocycles. The quantitative estimate of drug-likeness (QED) is 0.474. The highest BCUT2D eigenvalue weighted by molar-refractivity contribution is 9.10. The maximum atomic E-state index is 10.4. The maximum absolute atomic E-state index is 10.4. The molecule has 0 spiro atoms. The minimum atomic E-state index is -0.968. The number of rotatable bonds is 7. The van der Waals surface area contributed by atoms with Crippen molar-refractivity contribution in [3.63, 3.8) is 0 Å². The second-order valence-corrected chi connectivity index (χ2v) is 5.29. The standard InChI is InChI=1S/C14H15BrO4/c15-12-7-10(4-6-14(16)17)3-5-13(12)19-9-18-8-11-1-2-11/h3-7,11H,1-2,8-9H2,(H,16,17)/b6-4+. The lowest BCUT2D eigenvalue weighted by Crippen LogP contribution is -2.05. The summed E-state index contributed by atoms with van der Waals surface area (Å²) >= 11 is 3.39. The van der Waals surface area contributed by atoms with Crippen molar-refractivity contribution in [1.82, 2.24) is 0 Å². The van der Waals surface area contributed by atoms with Gasteiger partial charge in [0.1, 0.15) is 5.75 Å². The topological polar surface area (TPSA) is 55.8 Å². The average Bonchev–Trinajstić information content (AvgIpc) is 3.18. The fraction of sp³-hybridized carbons (Fsp3) is 0.357. The number of halogens is 1. The zero-order valence-electron chi connectivity index (χ0n) is 10.3. The third kappa shape index (κ3) is 5.04. The van der Waals surface area contributed by atoms with Gasteiger partial charge in [0.15, 0.2) is 6.79 Å². The highest BCUT2D eigenvalue weighted by Crippen LogP contribution is 2.29. The molecule has 0 unspecified atom stereocenters. The Morgan fingerprint density at radius 3 is 2.89 bits per heavy atom. The molecule has 4 nitrogen and oxygen atoms in total. The molecule has 0 bridgehead atoms. The number of benzene rings is 1. The van der Waals surface area contributed by atoms with Gasteiger partial charge in [0, 0.05) is 6.08 Å². The Morgan fingerprint density at radius 1 is 1.47 bits per heavy atom. The summed E-state index contributed by atoms with van der Waals surface area (Å²) in [5.41, 5.74) is 0.792. The van der Waals surface area contributed by atoms with Gasteiger partial charge in [-0.2, -0.15) is 0 Å². The molecule has 0 aliphatic heterocycles. The number of hydrogen-bond acceptors (Lipinski definition) is 3. The third-order valence-corrected chi connectivity index (χ3v) is 3.34. The molecule has 1 saturated carbocycles. The van der Waals surface area contributed by atoms with E-state index in [2.05, 4.69) is 15.9 Å². The monoisotopic (exact) mass is 326 g/mol. The molecule has 19 heavy (non-hydrogen) atoms. The van der Waals surface area contributed by atoms with E-state index in [-0.39, 0.29) is 6.79 Å². The molecule has 0 heterocycles. The molecule has 1 N–H and O–H groups in total. The Kier molecular flexibility index (Phi) is 4.99. The molecule has 5 heteroatoms. The number of carboxylic acid groups (broad SMARTS) is 1.